The molecule has 3 fully saturated rings. The van der Waals surface area contributed by atoms with E-state index < -0.39 is 0 Å². The summed E-state index contributed by atoms with van der Waals surface area (Å²) in [5, 5.41) is 7.69. The van der Waals surface area contributed by atoms with Crippen LogP contribution < -0.4 is 16.4 Å². The maximum atomic E-state index is 13.2. The maximum Gasteiger partial charge on any atom is 0.223 e. The Morgan fingerprint density at radius 2 is 1.93 bits per heavy atom. The second-order valence-corrected chi connectivity index (χ2v) is 13.2. The monoisotopic (exact) mass is 621 g/mol. The fraction of sp³-hybridized carbons (Fsp3) is 0.485. The van der Waals surface area contributed by atoms with E-state index in [0.29, 0.717) is 28.5 Å². The number of ether oxygens (including phenoxy) is 1. The normalized spacial score (nSPS) is 19.3. The third-order valence-corrected chi connectivity index (χ3v) is 10.5. The van der Waals surface area contributed by atoms with Crippen LogP contribution >= 0.6 is 23.8 Å². The van der Waals surface area contributed by atoms with Crippen LogP contribution in [0.1, 0.15) is 55.7 Å². The van der Waals surface area contributed by atoms with Crippen molar-refractivity contribution in [2.75, 3.05) is 39.4 Å². The van der Waals surface area contributed by atoms with E-state index in [2.05, 4.69) is 38.4 Å². The third kappa shape index (κ3) is 6.32. The summed E-state index contributed by atoms with van der Waals surface area (Å²) in [5.41, 5.74) is 11.1. The second kappa shape index (κ2) is 12.9. The van der Waals surface area contributed by atoms with E-state index in [-0.39, 0.29) is 17.9 Å². The molecule has 1 aromatic heterocycles. The topological polar surface area (TPSA) is 102 Å². The highest BCUT2D eigenvalue weighted by Gasteiger charge is 2.48. The first-order chi connectivity index (χ1) is 20.9. The first-order valence-electron chi connectivity index (χ1n) is 15.3. The molecular formula is C33H40ClN5O3S. The molecule has 2 aromatic carbocycles. The Kier molecular flexibility index (Phi) is 9.05. The van der Waals surface area contributed by atoms with Gasteiger partial charge in [-0.1, -0.05) is 54.2 Å². The SMILES string of the molecule is NC(=S)c1cccc(-c2cn(C3CCOCC3)c3c(Cl)c(CNC(=O)C4CC5(CCN(CCNC=O)CC5)C4)ccc23)c1. The minimum Gasteiger partial charge on any atom is -0.389 e. The number of thiocarbonyl (C=S) groups is 1. The Bertz CT molecular complexity index is 1500. The van der Waals surface area contributed by atoms with Gasteiger partial charge in [0.1, 0.15) is 4.99 Å². The number of piperidine rings is 1. The number of benzene rings is 2. The molecule has 2 aliphatic heterocycles. The van der Waals surface area contributed by atoms with Crippen molar-refractivity contribution in [2.45, 2.75) is 51.1 Å². The number of nitrogens with zero attached hydrogens (tertiary/aromatic N) is 2. The number of hydrogen-bond acceptors (Lipinski definition) is 5. The number of hydrogen-bond donors (Lipinski definition) is 3. The lowest BCUT2D eigenvalue weighted by Gasteiger charge is -2.51. The minimum absolute atomic E-state index is 0.0596. The fourth-order valence-corrected chi connectivity index (χ4v) is 7.70. The predicted octanol–water partition coefficient (Wildman–Crippen LogP) is 4.80. The molecule has 0 atom stereocenters. The van der Waals surface area contributed by atoms with E-state index in [4.69, 9.17) is 34.3 Å². The molecule has 1 saturated carbocycles. The summed E-state index contributed by atoms with van der Waals surface area (Å²) in [4.78, 5) is 26.5. The number of likely N-dealkylation sites (tertiary alicyclic amines) is 1. The molecular weight excluding hydrogens is 582 g/mol. The molecule has 228 valence electrons. The Morgan fingerprint density at radius 1 is 1.16 bits per heavy atom. The van der Waals surface area contributed by atoms with E-state index in [1.165, 1.54) is 0 Å². The molecule has 8 nitrogen and oxygen atoms in total. The van der Waals surface area contributed by atoms with Gasteiger partial charge in [-0.25, -0.2) is 0 Å². The summed E-state index contributed by atoms with van der Waals surface area (Å²) in [6, 6.07) is 12.5. The van der Waals surface area contributed by atoms with Crippen molar-refractivity contribution >= 4 is 52.0 Å². The first kappa shape index (κ1) is 30.1. The number of nitrogens with one attached hydrogen (secondary N) is 2. The summed E-state index contributed by atoms with van der Waals surface area (Å²) < 4.78 is 7.96. The van der Waals surface area contributed by atoms with Crippen molar-refractivity contribution in [3.8, 4) is 11.1 Å². The molecule has 3 aromatic rings. The Hall–Kier alpha value is -2.98. The zero-order valence-corrected chi connectivity index (χ0v) is 26.0. The van der Waals surface area contributed by atoms with Gasteiger partial charge in [0, 0.05) is 67.5 Å². The third-order valence-electron chi connectivity index (χ3n) is 9.81. The maximum absolute atomic E-state index is 13.2. The number of nitrogens with two attached hydrogens (primary N) is 1. The average Bonchev–Trinajstić information content (AvgIpc) is 3.41. The van der Waals surface area contributed by atoms with Crippen molar-refractivity contribution in [1.82, 2.24) is 20.1 Å². The molecule has 6 rings (SSSR count). The molecule has 1 aliphatic carbocycles. The van der Waals surface area contributed by atoms with E-state index in [0.717, 1.165) is 111 Å². The van der Waals surface area contributed by atoms with Crippen LogP contribution in [0.4, 0.5) is 0 Å². The highest BCUT2D eigenvalue weighted by molar-refractivity contribution is 7.80. The average molecular weight is 622 g/mol. The lowest BCUT2D eigenvalue weighted by Crippen LogP contribution is -2.51. The first-order valence-corrected chi connectivity index (χ1v) is 16.1. The zero-order chi connectivity index (χ0) is 30.0. The Labute approximate surface area is 263 Å². The summed E-state index contributed by atoms with van der Waals surface area (Å²) in [6.07, 6.45) is 8.93. The van der Waals surface area contributed by atoms with Crippen molar-refractivity contribution in [1.29, 1.82) is 0 Å². The fourth-order valence-electron chi connectivity index (χ4n) is 7.25. The molecule has 3 heterocycles. The standard InChI is InChI=1S/C33H40ClN5O3S/c34-29-24(19-37-32(41)25-17-33(18-25)8-11-38(12-9-33)13-10-36-21-40)4-5-27-28(22-2-1-3-23(16-22)31(35)43)20-39(30(27)29)26-6-14-42-15-7-26/h1-5,16,20-21,25-26H,6-15,17-19H2,(H2,35,43)(H,36,40)(H,37,41). The number of fused-ring (bicyclic) bond motifs is 1. The molecule has 2 amide bonds. The summed E-state index contributed by atoms with van der Waals surface area (Å²) in [5.74, 6) is 0.179. The van der Waals surface area contributed by atoms with Gasteiger partial charge in [0.25, 0.3) is 0 Å². The number of halogens is 1. The van der Waals surface area contributed by atoms with E-state index in [1.807, 2.05) is 24.3 Å². The Morgan fingerprint density at radius 3 is 2.65 bits per heavy atom. The van der Waals surface area contributed by atoms with Gasteiger partial charge in [0.15, 0.2) is 0 Å². The van der Waals surface area contributed by atoms with Gasteiger partial charge in [0.05, 0.1) is 10.5 Å². The zero-order valence-electron chi connectivity index (χ0n) is 24.4. The van der Waals surface area contributed by atoms with Crippen LogP contribution in [0.25, 0.3) is 22.0 Å². The molecule has 3 aliphatic rings. The van der Waals surface area contributed by atoms with Crippen LogP contribution in [0.15, 0.2) is 42.6 Å². The molecule has 2 saturated heterocycles. The van der Waals surface area contributed by atoms with Crippen LogP contribution in [-0.2, 0) is 20.9 Å². The van der Waals surface area contributed by atoms with Gasteiger partial charge in [-0.3, -0.25) is 9.59 Å². The lowest BCUT2D eigenvalue weighted by atomic mass is 9.57. The van der Waals surface area contributed by atoms with Crippen LogP contribution in [0.5, 0.6) is 0 Å². The van der Waals surface area contributed by atoms with E-state index in [9.17, 15) is 9.59 Å². The Balaban J connectivity index is 1.16. The number of carbonyl (C=O) groups is 2. The second-order valence-electron chi connectivity index (χ2n) is 12.4. The van der Waals surface area contributed by atoms with Gasteiger partial charge in [-0.2, -0.15) is 0 Å². The van der Waals surface area contributed by atoms with Crippen LogP contribution in [0, 0.1) is 11.3 Å². The van der Waals surface area contributed by atoms with Crippen molar-refractivity contribution < 1.29 is 14.3 Å². The van der Waals surface area contributed by atoms with Crippen molar-refractivity contribution in [3.63, 3.8) is 0 Å². The number of amides is 2. The molecule has 0 radical (unpaired) electrons. The number of aromatic nitrogens is 1. The van der Waals surface area contributed by atoms with Gasteiger partial charge in [0.2, 0.25) is 12.3 Å². The highest BCUT2D eigenvalue weighted by Crippen LogP contribution is 2.52. The van der Waals surface area contributed by atoms with Gasteiger partial charge < -0.3 is 30.6 Å². The molecule has 0 unspecified atom stereocenters. The number of rotatable bonds is 10. The van der Waals surface area contributed by atoms with Gasteiger partial charge in [-0.15, -0.1) is 0 Å². The number of carbonyl (C=O) groups excluding carboxylic acids is 2. The lowest BCUT2D eigenvalue weighted by molar-refractivity contribution is -0.135. The molecule has 4 N–H and O–H groups in total. The van der Waals surface area contributed by atoms with E-state index in [1.54, 1.807) is 0 Å². The molecule has 0 bridgehead atoms. The highest BCUT2D eigenvalue weighted by atomic mass is 35.5. The van der Waals surface area contributed by atoms with Gasteiger partial charge >= 0.3 is 0 Å². The summed E-state index contributed by atoms with van der Waals surface area (Å²) >= 11 is 12.4. The molecule has 10 heteroatoms. The van der Waals surface area contributed by atoms with Gasteiger partial charge in [-0.05, 0) is 74.2 Å². The molecule has 1 spiro atoms. The van der Waals surface area contributed by atoms with Crippen LogP contribution in [0.2, 0.25) is 5.02 Å². The van der Waals surface area contributed by atoms with Crippen LogP contribution in [-0.4, -0.2) is 66.2 Å². The predicted molar refractivity (Wildman–Crippen MR) is 174 cm³/mol. The van der Waals surface area contributed by atoms with Crippen molar-refractivity contribution in [2.24, 2.45) is 17.1 Å². The summed E-state index contributed by atoms with van der Waals surface area (Å²) in [7, 11) is 0. The smallest absolute Gasteiger partial charge is 0.223 e. The quantitative estimate of drug-likeness (QED) is 0.171. The van der Waals surface area contributed by atoms with Crippen LogP contribution in [0.3, 0.4) is 0 Å². The largest absolute Gasteiger partial charge is 0.389 e. The molecule has 43 heavy (non-hydrogen) atoms. The van der Waals surface area contributed by atoms with E-state index >= 15 is 0 Å². The van der Waals surface area contributed by atoms with Crippen molar-refractivity contribution in [3.05, 3.63) is 58.7 Å². The minimum atomic E-state index is 0.0596. The summed E-state index contributed by atoms with van der Waals surface area (Å²) in [6.45, 7) is 5.49.